The maximum absolute atomic E-state index is 13.5. The molecule has 0 saturated heterocycles. The molecule has 198 valence electrons. The van der Waals surface area contributed by atoms with Crippen molar-refractivity contribution < 1.29 is 24.2 Å². The fourth-order valence-corrected chi connectivity index (χ4v) is 4.17. The minimum atomic E-state index is -1.11. The van der Waals surface area contributed by atoms with Crippen LogP contribution in [0.15, 0.2) is 48.5 Å². The Kier molecular flexibility index (Phi) is 10.5. The molecule has 0 aliphatic carbocycles. The monoisotopic (exact) mass is 498 g/mol. The van der Waals surface area contributed by atoms with Crippen molar-refractivity contribution in [3.05, 3.63) is 65.2 Å². The second-order valence-corrected chi connectivity index (χ2v) is 10.7. The summed E-state index contributed by atoms with van der Waals surface area (Å²) in [6.07, 6.45) is -1.55. The van der Waals surface area contributed by atoms with Gasteiger partial charge in [-0.15, -0.1) is 0 Å². The number of aryl methyl sites for hydroxylation is 2. The Labute approximate surface area is 215 Å². The molecular weight excluding hydrogens is 456 g/mol. The molecule has 2 aromatic rings. The number of hydrogen-bond acceptors (Lipinski definition) is 6. The Bertz CT molecular complexity index is 980. The molecular formula is C29H42N2O5. The van der Waals surface area contributed by atoms with Crippen molar-refractivity contribution in [1.82, 2.24) is 5.32 Å². The lowest BCUT2D eigenvalue weighted by atomic mass is 9.82. The number of carbonyl (C=O) groups is 2. The zero-order chi connectivity index (χ0) is 27.0. The van der Waals surface area contributed by atoms with E-state index in [4.69, 9.17) is 15.2 Å². The number of ketones is 1. The molecule has 1 amide bonds. The Hall–Kier alpha value is -2.90. The molecule has 0 aromatic heterocycles. The molecule has 7 heteroatoms. The van der Waals surface area contributed by atoms with Crippen molar-refractivity contribution in [2.45, 2.75) is 78.7 Å². The zero-order valence-corrected chi connectivity index (χ0v) is 22.6. The largest absolute Gasteiger partial charge is 0.485 e. The number of hydrogen-bond donors (Lipinski definition) is 3. The molecule has 0 saturated carbocycles. The third-order valence-corrected chi connectivity index (χ3v) is 6.13. The van der Waals surface area contributed by atoms with Gasteiger partial charge in [0.05, 0.1) is 12.0 Å². The number of aliphatic hydroxyl groups excluding tert-OH is 1. The number of ether oxygens (including phenoxy) is 2. The van der Waals surface area contributed by atoms with Crippen LogP contribution in [0.25, 0.3) is 0 Å². The standard InChI is InChI=1S/C29H42N2O5/c1-18(2)22(31-28(34)36-29(5,6)7)16-23(32)25(26(30)21-14-9-8-10-15-21)24(33)17-35-27-19(3)12-11-13-20(27)4/h8-15,18,22-23,25-26,32H,16-17,30H2,1-7H3,(H,31,34)/t22-,23+,25-,26?/m0/s1. The average Bonchev–Trinajstić information content (AvgIpc) is 2.77. The van der Waals surface area contributed by atoms with Crippen LogP contribution in [0.4, 0.5) is 4.79 Å². The van der Waals surface area contributed by atoms with Gasteiger partial charge in [-0.2, -0.15) is 0 Å². The van der Waals surface area contributed by atoms with E-state index in [0.717, 1.165) is 16.7 Å². The molecule has 0 aliphatic heterocycles. The van der Waals surface area contributed by atoms with Gasteiger partial charge in [0.15, 0.2) is 5.78 Å². The van der Waals surface area contributed by atoms with E-state index >= 15 is 0 Å². The summed E-state index contributed by atoms with van der Waals surface area (Å²) in [5, 5.41) is 14.2. The van der Waals surface area contributed by atoms with E-state index in [9.17, 15) is 14.7 Å². The van der Waals surface area contributed by atoms with E-state index in [1.807, 2.05) is 76.2 Å². The molecule has 0 spiro atoms. The number of nitrogens with one attached hydrogen (secondary N) is 1. The molecule has 7 nitrogen and oxygen atoms in total. The van der Waals surface area contributed by atoms with Crippen molar-refractivity contribution in [2.24, 2.45) is 17.6 Å². The van der Waals surface area contributed by atoms with E-state index in [1.165, 1.54) is 0 Å². The van der Waals surface area contributed by atoms with Crippen molar-refractivity contribution in [1.29, 1.82) is 0 Å². The Morgan fingerprint density at radius 2 is 1.58 bits per heavy atom. The summed E-state index contributed by atoms with van der Waals surface area (Å²) in [6.45, 7) is 12.9. The summed E-state index contributed by atoms with van der Waals surface area (Å²) in [4.78, 5) is 25.9. The number of amides is 1. The lowest BCUT2D eigenvalue weighted by Crippen LogP contribution is -2.47. The summed E-state index contributed by atoms with van der Waals surface area (Å²) in [5.41, 5.74) is 8.50. The van der Waals surface area contributed by atoms with Crippen LogP contribution in [0.5, 0.6) is 5.75 Å². The molecule has 36 heavy (non-hydrogen) atoms. The molecule has 0 bridgehead atoms. The molecule has 0 aliphatic rings. The first-order valence-corrected chi connectivity index (χ1v) is 12.5. The number of rotatable bonds is 11. The van der Waals surface area contributed by atoms with Crippen LogP contribution >= 0.6 is 0 Å². The highest BCUT2D eigenvalue weighted by molar-refractivity contribution is 5.84. The second kappa shape index (κ2) is 12.9. The van der Waals surface area contributed by atoms with Gasteiger partial charge in [-0.3, -0.25) is 4.79 Å². The molecule has 1 unspecified atom stereocenters. The third-order valence-electron chi connectivity index (χ3n) is 6.13. The summed E-state index contributed by atoms with van der Waals surface area (Å²) < 4.78 is 11.3. The minimum Gasteiger partial charge on any atom is -0.485 e. The Morgan fingerprint density at radius 3 is 2.11 bits per heavy atom. The van der Waals surface area contributed by atoms with Crippen molar-refractivity contribution in [3.63, 3.8) is 0 Å². The molecule has 0 fully saturated rings. The lowest BCUT2D eigenvalue weighted by Gasteiger charge is -2.32. The van der Waals surface area contributed by atoms with Crippen LogP contribution in [-0.2, 0) is 9.53 Å². The van der Waals surface area contributed by atoms with Crippen LogP contribution in [0, 0.1) is 25.7 Å². The SMILES string of the molecule is Cc1cccc(C)c1OCC(=O)[C@@H](C(N)c1ccccc1)[C@H](O)C[C@H](NC(=O)OC(C)(C)C)C(C)C. The van der Waals surface area contributed by atoms with Crippen LogP contribution in [0.1, 0.15) is 63.8 Å². The fraction of sp³-hybridized carbons (Fsp3) is 0.517. The summed E-state index contributed by atoms with van der Waals surface area (Å²) >= 11 is 0. The highest BCUT2D eigenvalue weighted by atomic mass is 16.6. The van der Waals surface area contributed by atoms with E-state index in [2.05, 4.69) is 5.32 Å². The smallest absolute Gasteiger partial charge is 0.407 e. The number of Topliss-reactive ketones (excluding diaryl/α,β-unsaturated/α-hetero) is 1. The second-order valence-electron chi connectivity index (χ2n) is 10.7. The van der Waals surface area contributed by atoms with Gasteiger partial charge < -0.3 is 25.6 Å². The van der Waals surface area contributed by atoms with Gasteiger partial charge in [-0.1, -0.05) is 62.4 Å². The van der Waals surface area contributed by atoms with Gasteiger partial charge >= 0.3 is 6.09 Å². The molecule has 0 radical (unpaired) electrons. The van der Waals surface area contributed by atoms with Gasteiger partial charge in [-0.05, 0) is 63.6 Å². The molecule has 0 heterocycles. The van der Waals surface area contributed by atoms with Gasteiger partial charge in [0, 0.05) is 12.1 Å². The van der Waals surface area contributed by atoms with Gasteiger partial charge in [0.25, 0.3) is 0 Å². The predicted octanol–water partition coefficient (Wildman–Crippen LogP) is 4.87. The first kappa shape index (κ1) is 29.3. The first-order valence-electron chi connectivity index (χ1n) is 12.5. The van der Waals surface area contributed by atoms with Gasteiger partial charge in [0.1, 0.15) is 18.0 Å². The average molecular weight is 499 g/mol. The van der Waals surface area contributed by atoms with Gasteiger partial charge in [-0.25, -0.2) is 4.79 Å². The van der Waals surface area contributed by atoms with E-state index in [0.29, 0.717) is 5.75 Å². The fourth-order valence-electron chi connectivity index (χ4n) is 4.17. The predicted molar refractivity (Wildman–Crippen MR) is 142 cm³/mol. The molecule has 4 atom stereocenters. The lowest BCUT2D eigenvalue weighted by molar-refractivity contribution is -0.129. The number of carbonyl (C=O) groups excluding carboxylic acids is 2. The summed E-state index contributed by atoms with van der Waals surface area (Å²) in [7, 11) is 0. The Balaban J connectivity index is 2.25. The van der Waals surface area contributed by atoms with Crippen molar-refractivity contribution >= 4 is 11.9 Å². The van der Waals surface area contributed by atoms with Crippen LogP contribution in [-0.4, -0.2) is 41.3 Å². The topological polar surface area (TPSA) is 111 Å². The van der Waals surface area contributed by atoms with Crippen molar-refractivity contribution in [2.75, 3.05) is 6.61 Å². The zero-order valence-electron chi connectivity index (χ0n) is 22.6. The molecule has 2 aromatic carbocycles. The number of para-hydroxylation sites is 1. The molecule has 4 N–H and O–H groups in total. The maximum atomic E-state index is 13.5. The van der Waals surface area contributed by atoms with Crippen LogP contribution in [0.3, 0.4) is 0 Å². The highest BCUT2D eigenvalue weighted by Crippen LogP contribution is 2.28. The van der Waals surface area contributed by atoms with Crippen LogP contribution in [0.2, 0.25) is 0 Å². The molecule has 2 rings (SSSR count). The van der Waals surface area contributed by atoms with E-state index in [1.54, 1.807) is 20.8 Å². The summed E-state index contributed by atoms with van der Waals surface area (Å²) in [6, 6.07) is 13.8. The maximum Gasteiger partial charge on any atom is 0.407 e. The minimum absolute atomic E-state index is 0.0123. The van der Waals surface area contributed by atoms with E-state index < -0.39 is 35.8 Å². The van der Waals surface area contributed by atoms with Gasteiger partial charge in [0.2, 0.25) is 0 Å². The van der Waals surface area contributed by atoms with Crippen LogP contribution < -0.4 is 15.8 Å². The highest BCUT2D eigenvalue weighted by Gasteiger charge is 2.36. The number of nitrogens with two attached hydrogens (primary N) is 1. The number of benzene rings is 2. The van der Waals surface area contributed by atoms with E-state index in [-0.39, 0.29) is 24.7 Å². The quantitative estimate of drug-likeness (QED) is 0.408. The summed E-state index contributed by atoms with van der Waals surface area (Å²) in [5.74, 6) is -0.597. The Morgan fingerprint density at radius 1 is 1.00 bits per heavy atom. The third kappa shape index (κ3) is 8.64. The first-order chi connectivity index (χ1) is 16.8. The number of aliphatic hydroxyl groups is 1. The van der Waals surface area contributed by atoms with Crippen molar-refractivity contribution in [3.8, 4) is 5.75 Å². The number of alkyl carbamates (subject to hydrolysis) is 1. The normalized spacial score (nSPS) is 15.1.